The zero-order valence-corrected chi connectivity index (χ0v) is 14.0. The van der Waals surface area contributed by atoms with Gasteiger partial charge < -0.3 is 5.32 Å². The van der Waals surface area contributed by atoms with Crippen LogP contribution in [-0.2, 0) is 11.2 Å². The summed E-state index contributed by atoms with van der Waals surface area (Å²) in [5.41, 5.74) is 2.23. The van der Waals surface area contributed by atoms with Crippen molar-refractivity contribution in [2.45, 2.75) is 33.1 Å². The second kappa shape index (κ2) is 6.99. The second-order valence-electron chi connectivity index (χ2n) is 4.63. The van der Waals surface area contributed by atoms with E-state index in [1.54, 1.807) is 11.3 Å². The van der Waals surface area contributed by atoms with Crippen molar-refractivity contribution < 1.29 is 4.79 Å². The van der Waals surface area contributed by atoms with Crippen LogP contribution < -0.4 is 5.32 Å². The normalized spacial score (nSPS) is 10.6. The quantitative estimate of drug-likeness (QED) is 0.857. The lowest BCUT2D eigenvalue weighted by atomic mass is 10.1. The van der Waals surface area contributed by atoms with Gasteiger partial charge in [-0.05, 0) is 31.0 Å². The molecular weight excluding hydrogens is 336 g/mol. The Morgan fingerprint density at radius 1 is 1.35 bits per heavy atom. The largest absolute Gasteiger partial charge is 0.302 e. The topological polar surface area (TPSA) is 42.0 Å². The molecule has 20 heavy (non-hydrogen) atoms. The highest BCUT2D eigenvalue weighted by atomic mass is 79.9. The van der Waals surface area contributed by atoms with Crippen molar-refractivity contribution in [3.05, 3.63) is 44.9 Å². The summed E-state index contributed by atoms with van der Waals surface area (Å²) in [6.07, 6.45) is 2.24. The first-order chi connectivity index (χ1) is 9.58. The maximum Gasteiger partial charge on any atom is 0.226 e. The number of aryl methyl sites for hydroxylation is 1. The summed E-state index contributed by atoms with van der Waals surface area (Å²) < 4.78 is 1.08. The number of carbonyl (C=O) groups excluding carboxylic acids is 1. The molecule has 3 nitrogen and oxygen atoms in total. The first kappa shape index (κ1) is 15.2. The Labute approximate surface area is 131 Å². The number of nitrogens with zero attached hydrogens (tertiary/aromatic N) is 1. The minimum atomic E-state index is 0.0384. The van der Waals surface area contributed by atoms with E-state index in [2.05, 4.69) is 38.4 Å². The summed E-state index contributed by atoms with van der Waals surface area (Å²) in [6.45, 7) is 3.98. The molecule has 0 saturated carbocycles. The molecule has 0 aliphatic rings. The van der Waals surface area contributed by atoms with Crippen LogP contribution in [-0.4, -0.2) is 10.9 Å². The molecule has 2 aromatic rings. The number of amides is 1. The van der Waals surface area contributed by atoms with Gasteiger partial charge in [0.2, 0.25) is 5.91 Å². The van der Waals surface area contributed by atoms with Crippen molar-refractivity contribution in [2.24, 2.45) is 0 Å². The molecule has 1 aromatic carbocycles. The Balaban J connectivity index is 2.07. The van der Waals surface area contributed by atoms with Gasteiger partial charge in [0.15, 0.2) is 5.13 Å². The van der Waals surface area contributed by atoms with Gasteiger partial charge >= 0.3 is 0 Å². The maximum absolute atomic E-state index is 11.6. The molecule has 106 valence electrons. The molecule has 0 radical (unpaired) electrons. The van der Waals surface area contributed by atoms with Crippen LogP contribution in [0.3, 0.4) is 0 Å². The molecule has 0 unspecified atom stereocenters. The standard InChI is InChI=1S/C15H17BrN2OS/c1-3-4-14(19)18-15-17-10(2)13(20-15)9-11-5-7-12(16)8-6-11/h5-8H,3-4,9H2,1-2H3,(H,17,18,19). The zero-order chi connectivity index (χ0) is 14.5. The van der Waals surface area contributed by atoms with Gasteiger partial charge in [0.1, 0.15) is 0 Å². The number of nitrogens with one attached hydrogen (secondary N) is 1. The number of halogens is 1. The first-order valence-electron chi connectivity index (χ1n) is 6.59. The smallest absolute Gasteiger partial charge is 0.226 e. The predicted octanol–water partition coefficient (Wildman–Crippen LogP) is 4.54. The van der Waals surface area contributed by atoms with Crippen molar-refractivity contribution in [1.82, 2.24) is 4.98 Å². The number of hydrogen-bond acceptors (Lipinski definition) is 3. The number of hydrogen-bond donors (Lipinski definition) is 1. The fourth-order valence-corrected chi connectivity index (χ4v) is 3.12. The number of benzene rings is 1. The third kappa shape index (κ3) is 4.15. The summed E-state index contributed by atoms with van der Waals surface area (Å²) in [6, 6.07) is 8.27. The lowest BCUT2D eigenvalue weighted by molar-refractivity contribution is -0.116. The monoisotopic (exact) mass is 352 g/mol. The van der Waals surface area contributed by atoms with E-state index in [9.17, 15) is 4.79 Å². The van der Waals surface area contributed by atoms with Gasteiger partial charge in [-0.15, -0.1) is 11.3 Å². The maximum atomic E-state index is 11.6. The summed E-state index contributed by atoms with van der Waals surface area (Å²) in [5, 5.41) is 3.56. The van der Waals surface area contributed by atoms with Crippen LogP contribution in [0.4, 0.5) is 5.13 Å². The Bertz CT molecular complexity index is 592. The average molecular weight is 353 g/mol. The number of rotatable bonds is 5. The first-order valence-corrected chi connectivity index (χ1v) is 8.20. The molecule has 0 saturated heterocycles. The minimum absolute atomic E-state index is 0.0384. The third-order valence-electron chi connectivity index (χ3n) is 2.89. The highest BCUT2D eigenvalue weighted by Crippen LogP contribution is 2.25. The van der Waals surface area contributed by atoms with E-state index in [1.165, 1.54) is 10.4 Å². The van der Waals surface area contributed by atoms with Crippen LogP contribution in [0.2, 0.25) is 0 Å². The van der Waals surface area contributed by atoms with E-state index in [1.807, 2.05) is 26.0 Å². The van der Waals surface area contributed by atoms with Gasteiger partial charge in [0, 0.05) is 22.2 Å². The summed E-state index contributed by atoms with van der Waals surface area (Å²) >= 11 is 4.99. The van der Waals surface area contributed by atoms with Crippen LogP contribution in [0, 0.1) is 6.92 Å². The number of thiazole rings is 1. The van der Waals surface area contributed by atoms with Gasteiger partial charge in [0.25, 0.3) is 0 Å². The lowest BCUT2D eigenvalue weighted by Gasteiger charge is -2.00. The number of carbonyl (C=O) groups is 1. The highest BCUT2D eigenvalue weighted by Gasteiger charge is 2.10. The Morgan fingerprint density at radius 3 is 2.70 bits per heavy atom. The minimum Gasteiger partial charge on any atom is -0.302 e. The SMILES string of the molecule is CCCC(=O)Nc1nc(C)c(Cc2ccc(Br)cc2)s1. The molecule has 1 heterocycles. The van der Waals surface area contributed by atoms with Gasteiger partial charge in [-0.25, -0.2) is 4.98 Å². The molecule has 1 aromatic heterocycles. The molecule has 5 heteroatoms. The van der Waals surface area contributed by atoms with E-state index in [-0.39, 0.29) is 5.91 Å². The van der Waals surface area contributed by atoms with Gasteiger partial charge in [-0.3, -0.25) is 4.79 Å². The molecule has 0 aliphatic carbocycles. The van der Waals surface area contributed by atoms with E-state index >= 15 is 0 Å². The molecule has 0 atom stereocenters. The summed E-state index contributed by atoms with van der Waals surface area (Å²) in [7, 11) is 0. The molecule has 1 amide bonds. The van der Waals surface area contributed by atoms with E-state index in [0.717, 1.165) is 23.0 Å². The van der Waals surface area contributed by atoms with Crippen LogP contribution >= 0.6 is 27.3 Å². The van der Waals surface area contributed by atoms with Gasteiger partial charge in [0.05, 0.1) is 5.69 Å². The van der Waals surface area contributed by atoms with Gasteiger partial charge in [-0.2, -0.15) is 0 Å². The van der Waals surface area contributed by atoms with Crippen molar-refractivity contribution in [1.29, 1.82) is 0 Å². The van der Waals surface area contributed by atoms with Crippen LogP contribution in [0.5, 0.6) is 0 Å². The van der Waals surface area contributed by atoms with Gasteiger partial charge in [-0.1, -0.05) is 35.0 Å². The van der Waals surface area contributed by atoms with Crippen LogP contribution in [0.25, 0.3) is 0 Å². The Hall–Kier alpha value is -1.20. The van der Waals surface area contributed by atoms with E-state index in [0.29, 0.717) is 11.6 Å². The number of aromatic nitrogens is 1. The molecule has 0 aliphatic heterocycles. The van der Waals surface area contributed by atoms with Crippen molar-refractivity contribution >= 4 is 38.3 Å². The van der Waals surface area contributed by atoms with Crippen molar-refractivity contribution in [2.75, 3.05) is 5.32 Å². The zero-order valence-electron chi connectivity index (χ0n) is 11.6. The van der Waals surface area contributed by atoms with Crippen molar-refractivity contribution in [3.63, 3.8) is 0 Å². The second-order valence-corrected chi connectivity index (χ2v) is 6.63. The fourth-order valence-electron chi connectivity index (χ4n) is 1.84. The molecule has 0 fully saturated rings. The predicted molar refractivity (Wildman–Crippen MR) is 87.3 cm³/mol. The number of anilines is 1. The molecular formula is C15H17BrN2OS. The molecule has 0 bridgehead atoms. The summed E-state index contributed by atoms with van der Waals surface area (Å²) in [5.74, 6) is 0.0384. The van der Waals surface area contributed by atoms with Crippen LogP contribution in [0.15, 0.2) is 28.7 Å². The average Bonchev–Trinajstić information content (AvgIpc) is 2.72. The summed E-state index contributed by atoms with van der Waals surface area (Å²) in [4.78, 5) is 17.2. The third-order valence-corrected chi connectivity index (χ3v) is 4.50. The molecule has 0 spiro atoms. The molecule has 2 rings (SSSR count). The fraction of sp³-hybridized carbons (Fsp3) is 0.333. The highest BCUT2D eigenvalue weighted by molar-refractivity contribution is 9.10. The Kier molecular flexibility index (Phi) is 5.31. The van der Waals surface area contributed by atoms with Crippen LogP contribution in [0.1, 0.15) is 35.9 Å². The molecule has 1 N–H and O–H groups in total. The Morgan fingerprint density at radius 2 is 2.05 bits per heavy atom. The van der Waals surface area contributed by atoms with Crippen molar-refractivity contribution in [3.8, 4) is 0 Å². The lowest BCUT2D eigenvalue weighted by Crippen LogP contribution is -2.10. The van der Waals surface area contributed by atoms with E-state index in [4.69, 9.17) is 0 Å². The van der Waals surface area contributed by atoms with E-state index < -0.39 is 0 Å².